The van der Waals surface area contributed by atoms with Gasteiger partial charge in [0.15, 0.2) is 11.4 Å². The average molecular weight is 348 g/mol. The largest absolute Gasteiger partial charge is 0.464 e. The molecule has 0 atom stereocenters. The van der Waals surface area contributed by atoms with Crippen LogP contribution in [0.5, 0.6) is 0 Å². The van der Waals surface area contributed by atoms with Gasteiger partial charge < -0.3 is 19.6 Å². The van der Waals surface area contributed by atoms with Gasteiger partial charge in [-0.25, -0.2) is 14.3 Å². The summed E-state index contributed by atoms with van der Waals surface area (Å²) in [5, 5.41) is 9.99. The van der Waals surface area contributed by atoms with Gasteiger partial charge in [-0.05, 0) is 6.07 Å². The number of ether oxygens (including phenoxy) is 2. The zero-order valence-electron chi connectivity index (χ0n) is 14.0. The summed E-state index contributed by atoms with van der Waals surface area (Å²) in [4.78, 5) is 35.1. The summed E-state index contributed by atoms with van der Waals surface area (Å²) < 4.78 is 11.6. The van der Waals surface area contributed by atoms with E-state index < -0.39 is 11.9 Å². The van der Waals surface area contributed by atoms with Crippen molar-refractivity contribution in [1.82, 2.24) is 19.6 Å². The van der Waals surface area contributed by atoms with Crippen LogP contribution in [0.1, 0.15) is 21.0 Å². The summed E-state index contributed by atoms with van der Waals surface area (Å²) in [7, 11) is 5.75. The van der Waals surface area contributed by atoms with Crippen LogP contribution in [0, 0.1) is 6.57 Å². The van der Waals surface area contributed by atoms with E-state index in [0.29, 0.717) is 18.0 Å². The maximum Gasteiger partial charge on any atom is 0.359 e. The maximum absolute atomic E-state index is 11.0. The third kappa shape index (κ3) is 4.90. The summed E-state index contributed by atoms with van der Waals surface area (Å²) >= 11 is 0. The lowest BCUT2D eigenvalue weighted by Crippen LogP contribution is -2.03. The van der Waals surface area contributed by atoms with E-state index in [4.69, 9.17) is 6.57 Å². The highest BCUT2D eigenvalue weighted by molar-refractivity contribution is 5.89. The Balaban J connectivity index is 0.000000251. The van der Waals surface area contributed by atoms with Crippen molar-refractivity contribution in [2.45, 2.75) is 0 Å². The first-order chi connectivity index (χ1) is 11.9. The van der Waals surface area contributed by atoms with E-state index in [1.807, 2.05) is 0 Å². The number of nitrogens with one attached hydrogen (secondary N) is 1. The molecule has 0 bridgehead atoms. The second kappa shape index (κ2) is 8.82. The summed E-state index contributed by atoms with van der Waals surface area (Å²) in [6.07, 6.45) is 0.512. The van der Waals surface area contributed by atoms with Crippen LogP contribution in [0.15, 0.2) is 12.1 Å². The molecule has 11 heteroatoms. The van der Waals surface area contributed by atoms with E-state index in [1.54, 1.807) is 14.1 Å². The summed E-state index contributed by atoms with van der Waals surface area (Å²) in [6, 6.07) is 2.82. The van der Waals surface area contributed by atoms with Crippen LogP contribution in [0.2, 0.25) is 0 Å². The van der Waals surface area contributed by atoms with Crippen LogP contribution in [0.3, 0.4) is 0 Å². The molecule has 0 radical (unpaired) electrons. The Hall–Kier alpha value is -3.68. The number of carbonyl (C=O) groups excluding carboxylic acids is 3. The molecule has 0 aliphatic heterocycles. The van der Waals surface area contributed by atoms with Crippen LogP contribution in [0.4, 0.5) is 11.6 Å². The minimum Gasteiger partial charge on any atom is -0.464 e. The number of aryl methyl sites for hydroxylation is 2. The lowest BCUT2D eigenvalue weighted by atomic mass is 10.4. The number of esters is 2. The molecule has 2 heterocycles. The van der Waals surface area contributed by atoms with Crippen molar-refractivity contribution in [3.63, 3.8) is 0 Å². The Morgan fingerprint density at radius 3 is 2.08 bits per heavy atom. The first-order valence-electron chi connectivity index (χ1n) is 6.70. The lowest BCUT2D eigenvalue weighted by molar-refractivity contribution is -0.105. The molecule has 0 unspecified atom stereocenters. The van der Waals surface area contributed by atoms with E-state index in [-0.39, 0.29) is 11.4 Å². The number of rotatable bonds is 4. The number of nitrogens with zero attached hydrogens (tertiary/aromatic N) is 5. The van der Waals surface area contributed by atoms with Crippen molar-refractivity contribution >= 4 is 30.0 Å². The molecule has 0 aromatic carbocycles. The molecule has 2 rings (SSSR count). The molecule has 1 amide bonds. The third-order valence-electron chi connectivity index (χ3n) is 2.85. The number of methoxy groups -OCH3 is 2. The highest BCUT2D eigenvalue weighted by Crippen LogP contribution is 2.12. The molecule has 2 aromatic rings. The first-order valence-corrected chi connectivity index (χ1v) is 6.70. The number of amides is 1. The van der Waals surface area contributed by atoms with E-state index in [0.717, 1.165) is 0 Å². The molecule has 132 valence electrons. The predicted molar refractivity (Wildman–Crippen MR) is 85.0 cm³/mol. The van der Waals surface area contributed by atoms with Gasteiger partial charge in [0.2, 0.25) is 6.41 Å². The highest BCUT2D eigenvalue weighted by Gasteiger charge is 2.13. The second-order valence-electron chi connectivity index (χ2n) is 4.41. The molecule has 0 saturated carbocycles. The zero-order valence-corrected chi connectivity index (χ0v) is 14.0. The highest BCUT2D eigenvalue weighted by atomic mass is 16.5. The van der Waals surface area contributed by atoms with E-state index in [1.165, 1.54) is 35.7 Å². The Morgan fingerprint density at radius 1 is 1.12 bits per heavy atom. The molecule has 11 nitrogen and oxygen atoms in total. The fourth-order valence-electron chi connectivity index (χ4n) is 1.63. The van der Waals surface area contributed by atoms with Crippen molar-refractivity contribution in [2.75, 3.05) is 19.5 Å². The number of carbonyl (C=O) groups is 3. The fraction of sp³-hybridized carbons (Fsp3) is 0.286. The monoisotopic (exact) mass is 348 g/mol. The first kappa shape index (κ1) is 19.4. The van der Waals surface area contributed by atoms with Gasteiger partial charge in [-0.2, -0.15) is 5.10 Å². The fourth-order valence-corrected chi connectivity index (χ4v) is 1.63. The minimum absolute atomic E-state index is 0.158. The van der Waals surface area contributed by atoms with Crippen LogP contribution < -0.4 is 5.32 Å². The van der Waals surface area contributed by atoms with Crippen LogP contribution in [0.25, 0.3) is 4.85 Å². The second-order valence-corrected chi connectivity index (χ2v) is 4.41. The zero-order chi connectivity index (χ0) is 19.0. The van der Waals surface area contributed by atoms with Crippen molar-refractivity contribution in [3.05, 3.63) is 34.9 Å². The standard InChI is InChI=1S/C7H9N3O3.C7H7N3O2/c1-10-6(8-4-11)3-5(9-10)7(12)13-2;1-8-6-4-5(7(11)12-3)9-10(6)2/h3-4H,1-2H3,(H,8,11);4H,2-3H3. The van der Waals surface area contributed by atoms with Gasteiger partial charge in [0.1, 0.15) is 5.82 Å². The van der Waals surface area contributed by atoms with Gasteiger partial charge in [0.05, 0.1) is 21.3 Å². The summed E-state index contributed by atoms with van der Waals surface area (Å²) in [5.41, 5.74) is 0.320. The van der Waals surface area contributed by atoms with Gasteiger partial charge in [-0.1, -0.05) is 11.7 Å². The Morgan fingerprint density at radius 2 is 1.64 bits per heavy atom. The number of aromatic nitrogens is 4. The van der Waals surface area contributed by atoms with Gasteiger partial charge in [0.25, 0.3) is 5.82 Å². The Labute approximate surface area is 142 Å². The molecule has 1 N–H and O–H groups in total. The topological polar surface area (TPSA) is 122 Å². The van der Waals surface area contributed by atoms with Crippen LogP contribution >= 0.6 is 0 Å². The Bertz CT molecular complexity index is 816. The van der Waals surface area contributed by atoms with Crippen molar-refractivity contribution in [1.29, 1.82) is 0 Å². The van der Waals surface area contributed by atoms with Gasteiger partial charge >= 0.3 is 11.9 Å². The smallest absolute Gasteiger partial charge is 0.359 e. The van der Waals surface area contributed by atoms with Gasteiger partial charge in [-0.15, -0.1) is 0 Å². The molecular weight excluding hydrogens is 332 g/mol. The van der Waals surface area contributed by atoms with Crippen molar-refractivity contribution in [3.8, 4) is 0 Å². The number of hydrogen-bond donors (Lipinski definition) is 1. The maximum atomic E-state index is 11.0. The summed E-state index contributed by atoms with van der Waals surface area (Å²) in [6.45, 7) is 6.71. The average Bonchev–Trinajstić information content (AvgIpc) is 3.17. The van der Waals surface area contributed by atoms with E-state index >= 15 is 0 Å². The summed E-state index contributed by atoms with van der Waals surface area (Å²) in [5.74, 6) is -0.305. The molecule has 0 fully saturated rings. The van der Waals surface area contributed by atoms with Crippen LogP contribution in [-0.2, 0) is 28.4 Å². The molecule has 0 saturated heterocycles. The minimum atomic E-state index is -0.533. The van der Waals surface area contributed by atoms with Gasteiger partial charge in [-0.3, -0.25) is 9.48 Å². The van der Waals surface area contributed by atoms with E-state index in [9.17, 15) is 14.4 Å². The van der Waals surface area contributed by atoms with Crippen molar-refractivity contribution in [2.24, 2.45) is 14.1 Å². The van der Waals surface area contributed by atoms with Crippen molar-refractivity contribution < 1.29 is 23.9 Å². The molecule has 25 heavy (non-hydrogen) atoms. The molecule has 0 aliphatic carbocycles. The Kier molecular flexibility index (Phi) is 6.83. The van der Waals surface area contributed by atoms with Crippen LogP contribution in [-0.4, -0.2) is 52.1 Å². The van der Waals surface area contributed by atoms with Gasteiger partial charge in [0, 0.05) is 13.1 Å². The number of hydrogen-bond acceptors (Lipinski definition) is 7. The number of anilines is 1. The van der Waals surface area contributed by atoms with E-state index in [2.05, 4.69) is 29.8 Å². The molecule has 0 aliphatic rings. The normalized spacial score (nSPS) is 9.24. The lowest BCUT2D eigenvalue weighted by Gasteiger charge is -1.95. The quantitative estimate of drug-likeness (QED) is 0.486. The SMILES string of the molecule is COC(=O)c1cc(NC=O)n(C)n1.[C-]#[N+]c1cc(C(=O)OC)nn1C. The third-order valence-corrected chi connectivity index (χ3v) is 2.85. The molecule has 0 spiro atoms. The molecule has 2 aromatic heterocycles. The molecular formula is C14H16N6O5. The predicted octanol–water partition coefficient (Wildman–Crippen LogP) is 0.532.